The van der Waals surface area contributed by atoms with Crippen molar-refractivity contribution in [2.24, 2.45) is 0 Å². The second-order valence-corrected chi connectivity index (χ2v) is 8.55. The minimum atomic E-state index is -0.423. The summed E-state index contributed by atoms with van der Waals surface area (Å²) in [7, 11) is 0. The molecule has 4 amide bonds. The highest BCUT2D eigenvalue weighted by Gasteiger charge is 2.38. The van der Waals surface area contributed by atoms with E-state index in [4.69, 9.17) is 0 Å². The fourth-order valence-electron chi connectivity index (χ4n) is 4.32. The van der Waals surface area contributed by atoms with Crippen LogP contribution in [0.25, 0.3) is 11.1 Å². The molecule has 0 bridgehead atoms. The van der Waals surface area contributed by atoms with E-state index in [-0.39, 0.29) is 30.7 Å². The smallest absolute Gasteiger partial charge is 0.327 e. The number of fused-ring (bicyclic) bond motifs is 1. The number of carbonyl (C=O) groups is 4. The summed E-state index contributed by atoms with van der Waals surface area (Å²) in [4.78, 5) is 52.7. The average Bonchev–Trinajstić information content (AvgIpc) is 3.50. The van der Waals surface area contributed by atoms with E-state index in [1.165, 1.54) is 11.8 Å². The molecule has 158 valence electrons. The van der Waals surface area contributed by atoms with E-state index < -0.39 is 6.03 Å². The number of amides is 4. The van der Waals surface area contributed by atoms with Gasteiger partial charge in [-0.2, -0.15) is 0 Å². The number of benzene rings is 2. The summed E-state index contributed by atoms with van der Waals surface area (Å²) in [6, 6.07) is 13.8. The minimum Gasteiger partial charge on any atom is -0.331 e. The largest absolute Gasteiger partial charge is 0.331 e. The second-order valence-electron chi connectivity index (χ2n) is 8.55. The Hall–Kier alpha value is -3.48. The Balaban J connectivity index is 1.29. The molecule has 0 spiro atoms. The average molecular weight is 417 g/mol. The lowest BCUT2D eigenvalue weighted by molar-refractivity contribution is -0.129. The van der Waals surface area contributed by atoms with Crippen LogP contribution in [0.1, 0.15) is 41.3 Å². The molecule has 5 rings (SSSR count). The molecule has 31 heavy (non-hydrogen) atoms. The molecule has 0 aromatic heterocycles. The van der Waals surface area contributed by atoms with Crippen molar-refractivity contribution in [1.82, 2.24) is 14.7 Å². The van der Waals surface area contributed by atoms with E-state index in [0.29, 0.717) is 19.1 Å². The highest BCUT2D eigenvalue weighted by atomic mass is 16.2. The third kappa shape index (κ3) is 3.60. The molecule has 0 radical (unpaired) electrons. The van der Waals surface area contributed by atoms with Crippen LogP contribution in [0.3, 0.4) is 0 Å². The minimum absolute atomic E-state index is 0.00971. The molecule has 0 atom stereocenters. The SMILES string of the molecule is CC(=O)CN1C(=O)CN(Cc2ccc(-c3ccc4c(c3)CN(C3CC3)C4=O)cc2)C1=O. The lowest BCUT2D eigenvalue weighted by Crippen LogP contribution is -2.36. The normalized spacial score (nSPS) is 18.2. The Morgan fingerprint density at radius 3 is 2.35 bits per heavy atom. The Morgan fingerprint density at radius 1 is 0.968 bits per heavy atom. The highest BCUT2D eigenvalue weighted by Crippen LogP contribution is 2.36. The summed E-state index contributed by atoms with van der Waals surface area (Å²) in [5.74, 6) is -0.419. The molecule has 0 unspecified atom stereocenters. The monoisotopic (exact) mass is 417 g/mol. The molecule has 7 heteroatoms. The van der Waals surface area contributed by atoms with Crippen molar-refractivity contribution in [3.63, 3.8) is 0 Å². The van der Waals surface area contributed by atoms with E-state index in [1.807, 2.05) is 41.3 Å². The molecule has 1 aliphatic carbocycles. The van der Waals surface area contributed by atoms with E-state index in [0.717, 1.165) is 45.6 Å². The molecule has 2 fully saturated rings. The molecule has 2 aliphatic heterocycles. The zero-order chi connectivity index (χ0) is 21.7. The predicted molar refractivity (Wildman–Crippen MR) is 113 cm³/mol. The van der Waals surface area contributed by atoms with E-state index in [2.05, 4.69) is 6.07 Å². The fraction of sp³-hybridized carbons (Fsp3) is 0.333. The first kappa shape index (κ1) is 19.5. The lowest BCUT2D eigenvalue weighted by Gasteiger charge is -2.16. The van der Waals surface area contributed by atoms with Gasteiger partial charge in [0.1, 0.15) is 12.3 Å². The van der Waals surface area contributed by atoms with Crippen molar-refractivity contribution < 1.29 is 19.2 Å². The number of hydrogen-bond donors (Lipinski definition) is 0. The lowest BCUT2D eigenvalue weighted by atomic mass is 9.99. The van der Waals surface area contributed by atoms with Crippen molar-refractivity contribution in [3.05, 3.63) is 59.2 Å². The fourth-order valence-corrected chi connectivity index (χ4v) is 4.32. The van der Waals surface area contributed by atoms with Crippen molar-refractivity contribution in [3.8, 4) is 11.1 Å². The maximum Gasteiger partial charge on any atom is 0.327 e. The van der Waals surface area contributed by atoms with Crippen LogP contribution >= 0.6 is 0 Å². The second kappa shape index (κ2) is 7.34. The van der Waals surface area contributed by atoms with Crippen LogP contribution in [0.15, 0.2) is 42.5 Å². The highest BCUT2D eigenvalue weighted by molar-refractivity contribution is 6.04. The quantitative estimate of drug-likeness (QED) is 0.677. The van der Waals surface area contributed by atoms with Crippen molar-refractivity contribution in [2.45, 2.75) is 38.9 Å². The Kier molecular flexibility index (Phi) is 4.61. The molecule has 2 aromatic rings. The standard InChI is InChI=1S/C24H23N3O4/c1-15(28)11-27-22(29)14-25(24(27)31)12-16-2-4-17(5-3-16)18-6-9-21-19(10-18)13-26(23(21)30)20-7-8-20/h2-6,9-10,20H,7-8,11-14H2,1H3. The summed E-state index contributed by atoms with van der Waals surface area (Å²) in [5.41, 5.74) is 4.87. The number of hydrogen-bond acceptors (Lipinski definition) is 4. The third-order valence-electron chi connectivity index (χ3n) is 6.09. The molecular formula is C24H23N3O4. The maximum atomic E-state index is 12.5. The number of carbonyl (C=O) groups excluding carboxylic acids is 4. The summed E-state index contributed by atoms with van der Waals surface area (Å²) in [5, 5.41) is 0. The van der Waals surface area contributed by atoms with Gasteiger partial charge < -0.3 is 9.80 Å². The first-order valence-corrected chi connectivity index (χ1v) is 10.5. The zero-order valence-electron chi connectivity index (χ0n) is 17.3. The van der Waals surface area contributed by atoms with Gasteiger partial charge in [-0.25, -0.2) is 4.79 Å². The molecule has 7 nitrogen and oxygen atoms in total. The number of imide groups is 1. The van der Waals surface area contributed by atoms with Crippen LogP contribution in [0.2, 0.25) is 0 Å². The van der Waals surface area contributed by atoms with Gasteiger partial charge in [-0.05, 0) is 54.2 Å². The summed E-state index contributed by atoms with van der Waals surface area (Å²) in [6.07, 6.45) is 2.21. The third-order valence-corrected chi connectivity index (χ3v) is 6.09. The topological polar surface area (TPSA) is 78.0 Å². The van der Waals surface area contributed by atoms with Crippen LogP contribution in [-0.2, 0) is 22.7 Å². The number of ketones is 1. The summed E-state index contributed by atoms with van der Waals surface area (Å²) >= 11 is 0. The van der Waals surface area contributed by atoms with Crippen molar-refractivity contribution >= 4 is 23.6 Å². The van der Waals surface area contributed by atoms with Gasteiger partial charge in [0.25, 0.3) is 11.8 Å². The molecule has 2 heterocycles. The van der Waals surface area contributed by atoms with Gasteiger partial charge in [-0.1, -0.05) is 30.3 Å². The van der Waals surface area contributed by atoms with Crippen LogP contribution < -0.4 is 0 Å². The first-order chi connectivity index (χ1) is 14.9. The molecule has 3 aliphatic rings. The first-order valence-electron chi connectivity index (χ1n) is 10.5. The Morgan fingerprint density at radius 2 is 1.68 bits per heavy atom. The van der Waals surface area contributed by atoms with Gasteiger partial charge >= 0.3 is 6.03 Å². The van der Waals surface area contributed by atoms with Gasteiger partial charge in [0.2, 0.25) is 0 Å². The number of Topliss-reactive ketones (excluding diaryl/α,β-unsaturated/α-hetero) is 1. The van der Waals surface area contributed by atoms with Gasteiger partial charge in [0, 0.05) is 24.7 Å². The van der Waals surface area contributed by atoms with Crippen LogP contribution in [0.4, 0.5) is 4.79 Å². The van der Waals surface area contributed by atoms with Gasteiger partial charge in [0.05, 0.1) is 6.54 Å². The van der Waals surface area contributed by atoms with Gasteiger partial charge in [-0.15, -0.1) is 0 Å². The Bertz CT molecular complexity index is 1100. The molecule has 0 N–H and O–H groups in total. The van der Waals surface area contributed by atoms with Crippen LogP contribution in [0, 0.1) is 0 Å². The van der Waals surface area contributed by atoms with E-state index in [9.17, 15) is 19.2 Å². The zero-order valence-corrected chi connectivity index (χ0v) is 17.3. The van der Waals surface area contributed by atoms with Gasteiger partial charge in [0.15, 0.2) is 0 Å². The van der Waals surface area contributed by atoms with Crippen LogP contribution in [0.5, 0.6) is 0 Å². The summed E-state index contributed by atoms with van der Waals surface area (Å²) < 4.78 is 0. The van der Waals surface area contributed by atoms with E-state index in [1.54, 1.807) is 0 Å². The number of rotatable bonds is 6. The number of urea groups is 1. The summed E-state index contributed by atoms with van der Waals surface area (Å²) in [6.45, 7) is 2.18. The maximum absolute atomic E-state index is 12.5. The molecule has 2 aromatic carbocycles. The predicted octanol–water partition coefficient (Wildman–Crippen LogP) is 2.83. The molecule has 1 saturated heterocycles. The number of nitrogens with zero attached hydrogens (tertiary/aromatic N) is 3. The van der Waals surface area contributed by atoms with Crippen LogP contribution in [-0.4, -0.2) is 57.5 Å². The van der Waals surface area contributed by atoms with E-state index >= 15 is 0 Å². The van der Waals surface area contributed by atoms with Crippen molar-refractivity contribution in [2.75, 3.05) is 13.1 Å². The van der Waals surface area contributed by atoms with Gasteiger partial charge in [-0.3, -0.25) is 19.3 Å². The molecular weight excluding hydrogens is 394 g/mol. The van der Waals surface area contributed by atoms with Crippen molar-refractivity contribution in [1.29, 1.82) is 0 Å². The Labute approximate surface area is 180 Å². The molecule has 1 saturated carbocycles.